The van der Waals surface area contributed by atoms with Gasteiger partial charge in [0.25, 0.3) is 5.91 Å². The number of aromatic nitrogens is 2. The van der Waals surface area contributed by atoms with E-state index >= 15 is 0 Å². The zero-order valence-corrected chi connectivity index (χ0v) is 10.6. The molecule has 1 aliphatic carbocycles. The van der Waals surface area contributed by atoms with Crippen LogP contribution < -0.4 is 5.32 Å². The minimum absolute atomic E-state index is 0.0505. The minimum Gasteiger partial charge on any atom is -0.381 e. The van der Waals surface area contributed by atoms with Gasteiger partial charge in [0.15, 0.2) is 10.3 Å². The Bertz CT molecular complexity index is 436. The van der Waals surface area contributed by atoms with Gasteiger partial charge in [-0.05, 0) is 18.9 Å². The van der Waals surface area contributed by atoms with E-state index in [1.807, 2.05) is 0 Å². The fourth-order valence-corrected chi connectivity index (χ4v) is 1.98. The molecule has 0 aromatic carbocycles. The Hall–Kier alpha value is -0.910. The number of nitrogens with one attached hydrogen (secondary N) is 1. The molecule has 0 bridgehead atoms. The molecule has 1 aliphatic rings. The lowest BCUT2D eigenvalue weighted by Gasteiger charge is -2.34. The molecule has 0 unspecified atom stereocenters. The zero-order valence-electron chi connectivity index (χ0n) is 9.11. The molecule has 1 aromatic rings. The van der Waals surface area contributed by atoms with Crippen LogP contribution in [0.3, 0.4) is 0 Å². The number of amides is 1. The number of carbonyl (C=O) groups excluding carboxylic acids is 1. The van der Waals surface area contributed by atoms with Crippen LogP contribution in [0.1, 0.15) is 23.2 Å². The average molecular weight is 276 g/mol. The molecule has 0 saturated heterocycles. The predicted octanol–water partition coefficient (Wildman–Crippen LogP) is 1.69. The Labute approximate surface area is 108 Å². The maximum Gasteiger partial charge on any atom is 0.254 e. The van der Waals surface area contributed by atoms with Gasteiger partial charge >= 0.3 is 0 Å². The topological polar surface area (TPSA) is 64.1 Å². The first-order valence-corrected chi connectivity index (χ1v) is 5.88. The Morgan fingerprint density at radius 1 is 1.47 bits per heavy atom. The van der Waals surface area contributed by atoms with Gasteiger partial charge in [-0.25, -0.2) is 0 Å². The summed E-state index contributed by atoms with van der Waals surface area (Å²) in [5, 5.41) is 10.2. The first kappa shape index (κ1) is 12.5. The van der Waals surface area contributed by atoms with E-state index in [-0.39, 0.29) is 33.9 Å². The molecule has 0 atom stereocenters. The molecule has 0 radical (unpaired) electrons. The molecule has 1 heterocycles. The van der Waals surface area contributed by atoms with Gasteiger partial charge in [-0.2, -0.15) is 0 Å². The monoisotopic (exact) mass is 275 g/mol. The van der Waals surface area contributed by atoms with Gasteiger partial charge in [-0.15, -0.1) is 10.2 Å². The molecule has 7 heteroatoms. The molecule has 92 valence electrons. The molecular weight excluding hydrogens is 265 g/mol. The Kier molecular flexibility index (Phi) is 3.81. The smallest absolute Gasteiger partial charge is 0.254 e. The van der Waals surface area contributed by atoms with Crippen molar-refractivity contribution in [1.29, 1.82) is 0 Å². The Morgan fingerprint density at radius 3 is 2.82 bits per heavy atom. The molecule has 1 amide bonds. The number of nitrogens with zero attached hydrogens (tertiary/aromatic N) is 2. The number of halogens is 2. The minimum atomic E-state index is -0.286. The Morgan fingerprint density at radius 2 is 2.18 bits per heavy atom. The van der Waals surface area contributed by atoms with Crippen molar-refractivity contribution < 1.29 is 9.53 Å². The van der Waals surface area contributed by atoms with E-state index in [4.69, 9.17) is 27.9 Å². The van der Waals surface area contributed by atoms with Gasteiger partial charge in [0, 0.05) is 13.2 Å². The highest BCUT2D eigenvalue weighted by Crippen LogP contribution is 2.23. The average Bonchev–Trinajstić information content (AvgIpc) is 2.25. The summed E-state index contributed by atoms with van der Waals surface area (Å²) in [7, 11) is 1.66. The van der Waals surface area contributed by atoms with Gasteiger partial charge in [-0.1, -0.05) is 23.2 Å². The van der Waals surface area contributed by atoms with E-state index in [9.17, 15) is 4.79 Å². The molecule has 1 fully saturated rings. The summed E-state index contributed by atoms with van der Waals surface area (Å²) in [5.74, 6) is -0.286. The van der Waals surface area contributed by atoms with Crippen molar-refractivity contribution in [3.05, 3.63) is 21.9 Å². The molecule has 1 aromatic heterocycles. The fraction of sp³-hybridized carbons (Fsp3) is 0.500. The van der Waals surface area contributed by atoms with Crippen LogP contribution in [-0.4, -0.2) is 35.4 Å². The van der Waals surface area contributed by atoms with E-state index in [2.05, 4.69) is 15.5 Å². The van der Waals surface area contributed by atoms with Crippen LogP contribution >= 0.6 is 23.2 Å². The number of rotatable bonds is 3. The number of ether oxygens (including phenoxy) is 1. The van der Waals surface area contributed by atoms with E-state index < -0.39 is 0 Å². The van der Waals surface area contributed by atoms with E-state index in [0.29, 0.717) is 0 Å². The Balaban J connectivity index is 1.98. The summed E-state index contributed by atoms with van der Waals surface area (Å²) >= 11 is 11.4. The van der Waals surface area contributed by atoms with Crippen molar-refractivity contribution in [1.82, 2.24) is 15.5 Å². The lowest BCUT2D eigenvalue weighted by atomic mass is 9.89. The summed E-state index contributed by atoms with van der Waals surface area (Å²) in [5.41, 5.74) is 0.243. The largest absolute Gasteiger partial charge is 0.381 e. The molecular formula is C10H11Cl2N3O2. The second-order valence-electron chi connectivity index (χ2n) is 3.87. The quantitative estimate of drug-likeness (QED) is 0.912. The third kappa shape index (κ3) is 2.86. The van der Waals surface area contributed by atoms with Gasteiger partial charge < -0.3 is 10.1 Å². The highest BCUT2D eigenvalue weighted by Gasteiger charge is 2.30. The maximum atomic E-state index is 11.9. The van der Waals surface area contributed by atoms with Crippen molar-refractivity contribution in [2.24, 2.45) is 0 Å². The second kappa shape index (κ2) is 5.16. The van der Waals surface area contributed by atoms with Crippen LogP contribution in [0.15, 0.2) is 6.07 Å². The van der Waals surface area contributed by atoms with Gasteiger partial charge in [0.05, 0.1) is 11.7 Å². The number of methoxy groups -OCH3 is 1. The summed E-state index contributed by atoms with van der Waals surface area (Å²) in [4.78, 5) is 11.9. The molecule has 1 saturated carbocycles. The van der Waals surface area contributed by atoms with E-state index in [0.717, 1.165) is 12.8 Å². The molecule has 17 heavy (non-hydrogen) atoms. The van der Waals surface area contributed by atoms with Crippen molar-refractivity contribution in [2.45, 2.75) is 25.0 Å². The van der Waals surface area contributed by atoms with Gasteiger partial charge in [0.1, 0.15) is 0 Å². The van der Waals surface area contributed by atoms with E-state index in [1.165, 1.54) is 6.07 Å². The summed E-state index contributed by atoms with van der Waals surface area (Å²) < 4.78 is 5.13. The van der Waals surface area contributed by atoms with Crippen LogP contribution in [0.5, 0.6) is 0 Å². The normalized spacial score (nSPS) is 23.0. The van der Waals surface area contributed by atoms with E-state index in [1.54, 1.807) is 7.11 Å². The third-order valence-electron chi connectivity index (χ3n) is 2.73. The molecule has 0 spiro atoms. The standard InChI is InChI=1S/C10H11Cl2N3O2/c1-17-6-2-5(3-6)13-10(16)7-4-8(11)14-15-9(7)12/h4-6H,2-3H2,1H3,(H,13,16). The molecule has 1 N–H and O–H groups in total. The molecule has 0 aliphatic heterocycles. The number of hydrogen-bond donors (Lipinski definition) is 1. The zero-order chi connectivity index (χ0) is 12.4. The van der Waals surface area contributed by atoms with Crippen LogP contribution in [0.4, 0.5) is 0 Å². The number of hydrogen-bond acceptors (Lipinski definition) is 4. The van der Waals surface area contributed by atoms with Gasteiger partial charge in [-0.3, -0.25) is 4.79 Å². The first-order chi connectivity index (χ1) is 8.10. The van der Waals surface area contributed by atoms with Crippen molar-refractivity contribution in [3.63, 3.8) is 0 Å². The highest BCUT2D eigenvalue weighted by atomic mass is 35.5. The first-order valence-electron chi connectivity index (χ1n) is 5.12. The SMILES string of the molecule is COC1CC(NC(=O)c2cc(Cl)nnc2Cl)C1. The van der Waals surface area contributed by atoms with Crippen LogP contribution in [0.2, 0.25) is 10.3 Å². The maximum absolute atomic E-state index is 11.9. The fourth-order valence-electron chi connectivity index (χ4n) is 1.65. The second-order valence-corrected chi connectivity index (χ2v) is 4.62. The lowest BCUT2D eigenvalue weighted by molar-refractivity contribution is 0.0176. The van der Waals surface area contributed by atoms with Crippen molar-refractivity contribution in [3.8, 4) is 0 Å². The highest BCUT2D eigenvalue weighted by molar-refractivity contribution is 6.34. The number of carbonyl (C=O) groups is 1. The predicted molar refractivity (Wildman–Crippen MR) is 63.3 cm³/mol. The van der Waals surface area contributed by atoms with Crippen LogP contribution in [-0.2, 0) is 4.74 Å². The lowest BCUT2D eigenvalue weighted by Crippen LogP contribution is -2.47. The van der Waals surface area contributed by atoms with Gasteiger partial charge in [0.2, 0.25) is 0 Å². The molecule has 5 nitrogen and oxygen atoms in total. The summed E-state index contributed by atoms with van der Waals surface area (Å²) in [6, 6.07) is 1.52. The van der Waals surface area contributed by atoms with Crippen molar-refractivity contribution >= 4 is 29.1 Å². The van der Waals surface area contributed by atoms with Crippen LogP contribution in [0.25, 0.3) is 0 Å². The van der Waals surface area contributed by atoms with Crippen LogP contribution in [0, 0.1) is 0 Å². The molecule has 2 rings (SSSR count). The third-order valence-corrected chi connectivity index (χ3v) is 3.19. The van der Waals surface area contributed by atoms with Crippen molar-refractivity contribution in [2.75, 3.05) is 7.11 Å². The summed E-state index contributed by atoms with van der Waals surface area (Å²) in [6.45, 7) is 0. The summed E-state index contributed by atoms with van der Waals surface area (Å²) in [6.07, 6.45) is 1.85.